The first-order valence-corrected chi connectivity index (χ1v) is 6.78. The number of aromatic carboxylic acids is 1. The van der Waals surface area contributed by atoms with Gasteiger partial charge in [-0.05, 0) is 38.3 Å². The second kappa shape index (κ2) is 6.16. The molecule has 0 amide bonds. The van der Waals surface area contributed by atoms with Gasteiger partial charge in [-0.15, -0.1) is 0 Å². The molecule has 1 aliphatic heterocycles. The largest absolute Gasteiger partial charge is 0.478 e. The molecular weight excluding hydrogens is 244 g/mol. The van der Waals surface area contributed by atoms with E-state index < -0.39 is 5.97 Å². The van der Waals surface area contributed by atoms with E-state index in [1.165, 1.54) is 12.6 Å². The van der Waals surface area contributed by atoms with Gasteiger partial charge in [-0.25, -0.2) is 4.79 Å². The third-order valence-corrected chi connectivity index (χ3v) is 3.84. The third-order valence-electron chi connectivity index (χ3n) is 3.84. The molecule has 1 saturated heterocycles. The first-order chi connectivity index (χ1) is 9.11. The Hall–Kier alpha value is -1.40. The molecular formula is C13H22N4O2. The molecule has 0 saturated carbocycles. The molecule has 1 unspecified atom stereocenters. The minimum atomic E-state index is -0.904. The first kappa shape index (κ1) is 14.0. The highest BCUT2D eigenvalue weighted by Gasteiger charge is 2.23. The SMILES string of the molecule is Cn1ncc(C(=O)O)c1CN1CCCC(CCN)C1. The second-order valence-electron chi connectivity index (χ2n) is 5.25. The Morgan fingerprint density at radius 1 is 1.63 bits per heavy atom. The number of nitrogens with two attached hydrogens (primary N) is 1. The standard InChI is InChI=1S/C13H22N4O2/c1-16-12(11(7-15-16)13(18)19)9-17-6-2-3-10(8-17)4-5-14/h7,10H,2-6,8-9,14H2,1H3,(H,18,19). The molecule has 1 aliphatic rings. The molecule has 0 bridgehead atoms. The molecule has 3 N–H and O–H groups in total. The Kier molecular flexibility index (Phi) is 4.55. The van der Waals surface area contributed by atoms with Crippen LogP contribution in [-0.4, -0.2) is 45.4 Å². The Bertz CT molecular complexity index is 442. The summed E-state index contributed by atoms with van der Waals surface area (Å²) in [4.78, 5) is 13.5. The van der Waals surface area contributed by atoms with Crippen molar-refractivity contribution >= 4 is 5.97 Å². The van der Waals surface area contributed by atoms with Gasteiger partial charge in [0.25, 0.3) is 0 Å². The van der Waals surface area contributed by atoms with E-state index in [1.807, 2.05) is 0 Å². The lowest BCUT2D eigenvalue weighted by molar-refractivity contribution is 0.0693. The van der Waals surface area contributed by atoms with Crippen LogP contribution in [-0.2, 0) is 13.6 Å². The van der Waals surface area contributed by atoms with Crippen molar-refractivity contribution in [3.05, 3.63) is 17.5 Å². The van der Waals surface area contributed by atoms with Gasteiger partial charge in [-0.1, -0.05) is 0 Å². The highest BCUT2D eigenvalue weighted by atomic mass is 16.4. The van der Waals surface area contributed by atoms with Crippen LogP contribution in [0.3, 0.4) is 0 Å². The average molecular weight is 266 g/mol. The van der Waals surface area contributed by atoms with Crippen molar-refractivity contribution < 1.29 is 9.90 Å². The number of rotatable bonds is 5. The number of piperidine rings is 1. The fourth-order valence-electron chi connectivity index (χ4n) is 2.81. The number of hydrogen-bond donors (Lipinski definition) is 2. The number of hydrogen-bond acceptors (Lipinski definition) is 4. The van der Waals surface area contributed by atoms with Crippen molar-refractivity contribution in [1.82, 2.24) is 14.7 Å². The molecule has 2 rings (SSSR count). The van der Waals surface area contributed by atoms with Crippen LogP contribution in [0.25, 0.3) is 0 Å². The maximum Gasteiger partial charge on any atom is 0.339 e. The first-order valence-electron chi connectivity index (χ1n) is 6.78. The summed E-state index contributed by atoms with van der Waals surface area (Å²) in [5.41, 5.74) is 6.71. The van der Waals surface area contributed by atoms with E-state index in [1.54, 1.807) is 11.7 Å². The molecule has 6 heteroatoms. The van der Waals surface area contributed by atoms with Crippen LogP contribution in [0, 0.1) is 5.92 Å². The number of aryl methyl sites for hydroxylation is 1. The molecule has 0 spiro atoms. The summed E-state index contributed by atoms with van der Waals surface area (Å²) in [6.45, 7) is 3.40. The van der Waals surface area contributed by atoms with Crippen LogP contribution < -0.4 is 5.73 Å². The zero-order valence-corrected chi connectivity index (χ0v) is 11.4. The van der Waals surface area contributed by atoms with E-state index in [9.17, 15) is 4.79 Å². The second-order valence-corrected chi connectivity index (χ2v) is 5.25. The summed E-state index contributed by atoms with van der Waals surface area (Å²) in [7, 11) is 1.79. The van der Waals surface area contributed by atoms with Crippen LogP contribution in [0.1, 0.15) is 35.3 Å². The molecule has 1 atom stereocenters. The Morgan fingerprint density at radius 2 is 2.42 bits per heavy atom. The predicted molar refractivity (Wildman–Crippen MR) is 71.8 cm³/mol. The lowest BCUT2D eigenvalue weighted by Gasteiger charge is -2.32. The summed E-state index contributed by atoms with van der Waals surface area (Å²) < 4.78 is 1.66. The lowest BCUT2D eigenvalue weighted by atomic mass is 9.94. The van der Waals surface area contributed by atoms with Crippen LogP contribution in [0.2, 0.25) is 0 Å². The molecule has 1 aromatic rings. The Morgan fingerprint density at radius 3 is 3.11 bits per heavy atom. The van der Waals surface area contributed by atoms with E-state index in [0.717, 1.165) is 38.2 Å². The quantitative estimate of drug-likeness (QED) is 0.818. The van der Waals surface area contributed by atoms with E-state index in [0.29, 0.717) is 18.0 Å². The zero-order valence-electron chi connectivity index (χ0n) is 11.4. The number of nitrogens with zero attached hydrogens (tertiary/aromatic N) is 3. The van der Waals surface area contributed by atoms with Gasteiger partial charge in [0.2, 0.25) is 0 Å². The van der Waals surface area contributed by atoms with Crippen molar-refractivity contribution in [2.75, 3.05) is 19.6 Å². The summed E-state index contributed by atoms with van der Waals surface area (Å²) >= 11 is 0. The number of likely N-dealkylation sites (tertiary alicyclic amines) is 1. The highest BCUT2D eigenvalue weighted by Crippen LogP contribution is 2.21. The normalized spacial score (nSPS) is 20.6. The van der Waals surface area contributed by atoms with Gasteiger partial charge >= 0.3 is 5.97 Å². The number of carbonyl (C=O) groups is 1. The van der Waals surface area contributed by atoms with Crippen LogP contribution in [0.4, 0.5) is 0 Å². The average Bonchev–Trinajstić information content (AvgIpc) is 2.72. The molecule has 1 aromatic heterocycles. The minimum absolute atomic E-state index is 0.309. The van der Waals surface area contributed by atoms with Gasteiger partial charge in [-0.2, -0.15) is 5.10 Å². The molecule has 0 radical (unpaired) electrons. The molecule has 0 aromatic carbocycles. The van der Waals surface area contributed by atoms with Crippen LogP contribution in [0.5, 0.6) is 0 Å². The fourth-order valence-corrected chi connectivity index (χ4v) is 2.81. The van der Waals surface area contributed by atoms with Crippen molar-refractivity contribution in [1.29, 1.82) is 0 Å². The number of carboxylic acid groups (broad SMARTS) is 1. The van der Waals surface area contributed by atoms with E-state index in [-0.39, 0.29) is 0 Å². The van der Waals surface area contributed by atoms with Gasteiger partial charge in [0.05, 0.1) is 11.9 Å². The summed E-state index contributed by atoms with van der Waals surface area (Å²) in [6.07, 6.45) is 4.86. The van der Waals surface area contributed by atoms with Crippen molar-refractivity contribution in [2.24, 2.45) is 18.7 Å². The van der Waals surface area contributed by atoms with Crippen LogP contribution >= 0.6 is 0 Å². The van der Waals surface area contributed by atoms with Gasteiger partial charge in [0.15, 0.2) is 0 Å². The van der Waals surface area contributed by atoms with Gasteiger partial charge < -0.3 is 10.8 Å². The van der Waals surface area contributed by atoms with E-state index in [4.69, 9.17) is 10.8 Å². The van der Waals surface area contributed by atoms with Crippen molar-refractivity contribution in [3.8, 4) is 0 Å². The monoisotopic (exact) mass is 266 g/mol. The van der Waals surface area contributed by atoms with Crippen LogP contribution in [0.15, 0.2) is 6.20 Å². The third kappa shape index (κ3) is 3.33. The van der Waals surface area contributed by atoms with Gasteiger partial charge in [-0.3, -0.25) is 9.58 Å². The number of aromatic nitrogens is 2. The lowest BCUT2D eigenvalue weighted by Crippen LogP contribution is -2.36. The van der Waals surface area contributed by atoms with Gasteiger partial charge in [0, 0.05) is 20.1 Å². The summed E-state index contributed by atoms with van der Waals surface area (Å²) in [6, 6.07) is 0. The predicted octanol–water partition coefficient (Wildman–Crippen LogP) is 0.679. The minimum Gasteiger partial charge on any atom is -0.478 e. The molecule has 2 heterocycles. The van der Waals surface area contributed by atoms with E-state index in [2.05, 4.69) is 10.00 Å². The summed E-state index contributed by atoms with van der Waals surface area (Å²) in [5, 5.41) is 13.2. The Balaban J connectivity index is 2.04. The maximum atomic E-state index is 11.2. The Labute approximate surface area is 113 Å². The number of carboxylic acids is 1. The molecule has 106 valence electrons. The van der Waals surface area contributed by atoms with Gasteiger partial charge in [0.1, 0.15) is 5.56 Å². The highest BCUT2D eigenvalue weighted by molar-refractivity contribution is 5.88. The molecule has 19 heavy (non-hydrogen) atoms. The smallest absolute Gasteiger partial charge is 0.339 e. The topological polar surface area (TPSA) is 84.4 Å². The maximum absolute atomic E-state index is 11.2. The molecule has 0 aliphatic carbocycles. The summed E-state index contributed by atoms with van der Waals surface area (Å²) in [5.74, 6) is -0.265. The molecule has 6 nitrogen and oxygen atoms in total. The van der Waals surface area contributed by atoms with Crippen molar-refractivity contribution in [3.63, 3.8) is 0 Å². The van der Waals surface area contributed by atoms with E-state index >= 15 is 0 Å². The zero-order chi connectivity index (χ0) is 13.8. The fraction of sp³-hybridized carbons (Fsp3) is 0.692. The molecule has 1 fully saturated rings. The van der Waals surface area contributed by atoms with Crippen molar-refractivity contribution in [2.45, 2.75) is 25.8 Å².